The highest BCUT2D eigenvalue weighted by atomic mass is 16.3. The van der Waals surface area contributed by atoms with Crippen LogP contribution in [0.5, 0.6) is 0 Å². The second-order valence-corrected chi connectivity index (χ2v) is 4.42. The van der Waals surface area contributed by atoms with Crippen LogP contribution in [0.4, 0.5) is 0 Å². The molecule has 3 nitrogen and oxygen atoms in total. The van der Waals surface area contributed by atoms with E-state index in [0.29, 0.717) is 0 Å². The first-order valence-corrected chi connectivity index (χ1v) is 4.70. The largest absolute Gasteiger partial charge is 0.390 e. The van der Waals surface area contributed by atoms with Crippen LogP contribution >= 0.6 is 0 Å². The maximum atomic E-state index is 11.4. The Morgan fingerprint density at radius 3 is 1.92 bits per heavy atom. The molecule has 5 unspecified atom stereocenters. The second kappa shape index (κ2) is 3.07. The lowest BCUT2D eigenvalue weighted by atomic mass is 9.74. The van der Waals surface area contributed by atoms with Crippen LogP contribution in [0.3, 0.4) is 0 Å². The van der Waals surface area contributed by atoms with Gasteiger partial charge in [0, 0.05) is 0 Å². The van der Waals surface area contributed by atoms with Crippen molar-refractivity contribution in [2.24, 2.45) is 17.3 Å². The van der Waals surface area contributed by atoms with Gasteiger partial charge < -0.3 is 10.2 Å². The molecule has 1 saturated carbocycles. The number of carbonyl (C=O) groups is 1. The lowest BCUT2D eigenvalue weighted by Crippen LogP contribution is -2.41. The molecule has 0 aromatic heterocycles. The summed E-state index contributed by atoms with van der Waals surface area (Å²) in [6, 6.07) is 0. The van der Waals surface area contributed by atoms with Crippen LogP contribution in [0, 0.1) is 17.3 Å². The Morgan fingerprint density at radius 1 is 1.31 bits per heavy atom. The smallest absolute Gasteiger partial charge is 0.138 e. The minimum absolute atomic E-state index is 0.0231. The molecule has 1 fully saturated rings. The summed E-state index contributed by atoms with van der Waals surface area (Å²) < 4.78 is 0. The molecule has 0 aliphatic heterocycles. The minimum atomic E-state index is -0.921. The zero-order valence-corrected chi connectivity index (χ0v) is 8.61. The van der Waals surface area contributed by atoms with Crippen molar-refractivity contribution < 1.29 is 15.0 Å². The molecular formula is C10H18O3. The highest BCUT2D eigenvalue weighted by molar-refractivity contribution is 5.83. The van der Waals surface area contributed by atoms with Crippen LogP contribution in [-0.2, 0) is 4.79 Å². The van der Waals surface area contributed by atoms with Gasteiger partial charge in [-0.2, -0.15) is 0 Å². The number of hydrogen-bond acceptors (Lipinski definition) is 3. The second-order valence-electron chi connectivity index (χ2n) is 4.42. The van der Waals surface area contributed by atoms with Gasteiger partial charge in [-0.15, -0.1) is 0 Å². The zero-order valence-electron chi connectivity index (χ0n) is 8.61. The number of Topliss-reactive ketones (excluding diaryl/α,β-unsaturated/α-hetero) is 1. The topological polar surface area (TPSA) is 57.5 Å². The first kappa shape index (κ1) is 10.7. The van der Waals surface area contributed by atoms with Crippen molar-refractivity contribution in [2.75, 3.05) is 0 Å². The lowest BCUT2D eigenvalue weighted by Gasteiger charge is -2.30. The van der Waals surface area contributed by atoms with E-state index in [1.807, 2.05) is 13.8 Å². The molecular weight excluding hydrogens is 168 g/mol. The first-order valence-electron chi connectivity index (χ1n) is 4.70. The molecule has 0 spiro atoms. The highest BCUT2D eigenvalue weighted by Crippen LogP contribution is 2.47. The fraction of sp³-hybridized carbons (Fsp3) is 0.900. The molecule has 0 bridgehead atoms. The summed E-state index contributed by atoms with van der Waals surface area (Å²) in [4.78, 5) is 11.4. The molecule has 0 amide bonds. The van der Waals surface area contributed by atoms with E-state index >= 15 is 0 Å². The molecule has 0 aromatic carbocycles. The summed E-state index contributed by atoms with van der Waals surface area (Å²) in [6.07, 6.45) is -1.70. The van der Waals surface area contributed by atoms with Gasteiger partial charge in [0.25, 0.3) is 0 Å². The molecule has 13 heavy (non-hydrogen) atoms. The van der Waals surface area contributed by atoms with Crippen molar-refractivity contribution >= 4 is 5.78 Å². The normalized spacial score (nSPS) is 50.9. The van der Waals surface area contributed by atoms with Crippen LogP contribution < -0.4 is 0 Å². The maximum absolute atomic E-state index is 11.4. The quantitative estimate of drug-likeness (QED) is 0.630. The van der Waals surface area contributed by atoms with Crippen molar-refractivity contribution in [1.82, 2.24) is 0 Å². The molecule has 0 heterocycles. The Kier molecular flexibility index (Phi) is 2.52. The average molecular weight is 186 g/mol. The Morgan fingerprint density at radius 2 is 1.77 bits per heavy atom. The maximum Gasteiger partial charge on any atom is 0.138 e. The molecule has 1 aliphatic rings. The van der Waals surface area contributed by atoms with Gasteiger partial charge in [0.2, 0.25) is 0 Å². The van der Waals surface area contributed by atoms with Crippen molar-refractivity contribution in [3.63, 3.8) is 0 Å². The SMILES string of the molecule is CC(=O)C1(C)C(C)C(C)C(O)C1O. The van der Waals surface area contributed by atoms with Gasteiger partial charge in [0.15, 0.2) is 0 Å². The molecule has 0 aromatic rings. The number of aliphatic hydroxyl groups excluding tert-OH is 2. The van der Waals surface area contributed by atoms with Gasteiger partial charge in [-0.25, -0.2) is 0 Å². The molecule has 0 saturated heterocycles. The zero-order chi connectivity index (χ0) is 10.4. The molecule has 2 N–H and O–H groups in total. The summed E-state index contributed by atoms with van der Waals surface area (Å²) >= 11 is 0. The van der Waals surface area contributed by atoms with E-state index in [1.165, 1.54) is 6.92 Å². The summed E-state index contributed by atoms with van der Waals surface area (Å²) in [6.45, 7) is 6.99. The van der Waals surface area contributed by atoms with Gasteiger partial charge in [-0.3, -0.25) is 4.79 Å². The molecule has 5 atom stereocenters. The summed E-state index contributed by atoms with van der Waals surface area (Å²) in [5, 5.41) is 19.4. The van der Waals surface area contributed by atoms with Crippen LogP contribution in [0.15, 0.2) is 0 Å². The monoisotopic (exact) mass is 186 g/mol. The van der Waals surface area contributed by atoms with Crippen LogP contribution in [-0.4, -0.2) is 28.2 Å². The van der Waals surface area contributed by atoms with Gasteiger partial charge in [0.1, 0.15) is 5.78 Å². The number of rotatable bonds is 1. The number of hydrogen-bond donors (Lipinski definition) is 2. The Hall–Kier alpha value is -0.410. The van der Waals surface area contributed by atoms with E-state index in [0.717, 1.165) is 0 Å². The third-order valence-corrected chi connectivity index (χ3v) is 3.97. The van der Waals surface area contributed by atoms with Crippen molar-refractivity contribution in [2.45, 2.75) is 39.9 Å². The minimum Gasteiger partial charge on any atom is -0.390 e. The average Bonchev–Trinajstić information content (AvgIpc) is 2.22. The first-order chi connectivity index (χ1) is 5.83. The number of ketones is 1. The van der Waals surface area contributed by atoms with Gasteiger partial charge >= 0.3 is 0 Å². The lowest BCUT2D eigenvalue weighted by molar-refractivity contribution is -0.135. The van der Waals surface area contributed by atoms with E-state index in [2.05, 4.69) is 0 Å². The third kappa shape index (κ3) is 1.22. The Bertz CT molecular complexity index is 210. The number of carbonyl (C=O) groups excluding carboxylic acids is 1. The highest BCUT2D eigenvalue weighted by Gasteiger charge is 2.55. The standard InChI is InChI=1S/C10H18O3/c1-5-6(2)10(4,7(3)11)9(13)8(5)12/h5-6,8-9,12-13H,1-4H3. The third-order valence-electron chi connectivity index (χ3n) is 3.97. The Labute approximate surface area is 78.8 Å². The van der Waals surface area contributed by atoms with Crippen LogP contribution in [0.2, 0.25) is 0 Å². The molecule has 1 aliphatic carbocycles. The fourth-order valence-corrected chi connectivity index (χ4v) is 2.28. The van der Waals surface area contributed by atoms with Crippen molar-refractivity contribution in [1.29, 1.82) is 0 Å². The molecule has 76 valence electrons. The molecule has 3 heteroatoms. The Balaban J connectivity index is 3.05. The summed E-state index contributed by atoms with van der Waals surface area (Å²) in [5.41, 5.74) is -0.779. The van der Waals surface area contributed by atoms with Gasteiger partial charge in [-0.1, -0.05) is 13.8 Å². The van der Waals surface area contributed by atoms with E-state index in [4.69, 9.17) is 0 Å². The van der Waals surface area contributed by atoms with Crippen LogP contribution in [0.1, 0.15) is 27.7 Å². The van der Waals surface area contributed by atoms with E-state index in [1.54, 1.807) is 6.92 Å². The van der Waals surface area contributed by atoms with Crippen molar-refractivity contribution in [3.8, 4) is 0 Å². The van der Waals surface area contributed by atoms with Crippen molar-refractivity contribution in [3.05, 3.63) is 0 Å². The summed E-state index contributed by atoms with van der Waals surface area (Å²) in [7, 11) is 0. The van der Waals surface area contributed by atoms with E-state index in [-0.39, 0.29) is 17.6 Å². The predicted molar refractivity (Wildman–Crippen MR) is 49.1 cm³/mol. The number of aliphatic hydroxyl groups is 2. The van der Waals surface area contributed by atoms with E-state index < -0.39 is 17.6 Å². The molecule has 1 rings (SSSR count). The predicted octanol–water partition coefficient (Wildman–Crippen LogP) is 0.589. The fourth-order valence-electron chi connectivity index (χ4n) is 2.28. The molecule has 0 radical (unpaired) electrons. The van der Waals surface area contributed by atoms with Gasteiger partial charge in [0.05, 0.1) is 17.6 Å². The summed E-state index contributed by atoms with van der Waals surface area (Å²) in [5.74, 6) is -0.0465. The van der Waals surface area contributed by atoms with E-state index in [9.17, 15) is 15.0 Å². The van der Waals surface area contributed by atoms with Crippen LogP contribution in [0.25, 0.3) is 0 Å². The van der Waals surface area contributed by atoms with Gasteiger partial charge in [-0.05, 0) is 25.7 Å².